The van der Waals surface area contributed by atoms with Crippen LogP contribution in [0.25, 0.3) is 0 Å². The monoisotopic (exact) mass is 867 g/mol. The summed E-state index contributed by atoms with van der Waals surface area (Å²) in [6, 6.07) is 10.4. The zero-order valence-electron chi connectivity index (χ0n) is 35.6. The number of pyridine rings is 1. The van der Waals surface area contributed by atoms with Crippen LogP contribution in [0, 0.1) is 17.3 Å². The molecule has 19 heteroatoms. The third kappa shape index (κ3) is 7.43. The van der Waals surface area contributed by atoms with Gasteiger partial charge < -0.3 is 47.7 Å². The smallest absolute Gasteiger partial charge is 0.340 e. The van der Waals surface area contributed by atoms with Gasteiger partial charge in [0.2, 0.25) is 0 Å². The van der Waals surface area contributed by atoms with E-state index in [0.717, 1.165) is 41.5 Å². The zero-order valence-corrected chi connectivity index (χ0v) is 35.6. The van der Waals surface area contributed by atoms with E-state index in [4.69, 9.17) is 42.6 Å². The Hall–Kier alpha value is -5.95. The Morgan fingerprint density at radius 1 is 0.742 bits per heavy atom. The van der Waals surface area contributed by atoms with Crippen LogP contribution in [0.15, 0.2) is 48.7 Å². The van der Waals surface area contributed by atoms with Crippen LogP contribution in [0.1, 0.15) is 94.6 Å². The number of hydrogen-bond donors (Lipinski definition) is 1. The standard InChI is InChI=1S/C43H49NO18/c1-20-21(2)37(50)61-34-32(57-24(5)47)36(59-26(7)49)42(19-54-22(3)45)35(58-25(6)48)31(56-23(4)46)29-33(60-38(51)27-14-11-10-12-15-27)43(42,41(34,9)53)62-40(29,8)18-55-39(52)28-16-13-17-44-30(20)28/h10-17,20-21,29,31-36,53H,18-19H2,1-9H3. The number of cyclic esters (lactones) is 1. The minimum atomic E-state index is -2.87. The third-order valence-corrected chi connectivity index (χ3v) is 12.4. The average Bonchev–Trinajstić information content (AvgIpc) is 3.42. The number of benzene rings is 1. The zero-order chi connectivity index (χ0) is 45.7. The van der Waals surface area contributed by atoms with E-state index < -0.39 is 138 Å². The minimum Gasteiger partial charge on any atom is -0.465 e. The number of aliphatic hydroxyl groups is 1. The molecule has 13 unspecified atom stereocenters. The number of nitrogens with zero attached hydrogens (tertiary/aromatic N) is 1. The molecule has 0 radical (unpaired) electrons. The molecule has 2 aliphatic carbocycles. The first-order valence-electron chi connectivity index (χ1n) is 19.9. The lowest BCUT2D eigenvalue weighted by Gasteiger charge is -2.67. The Morgan fingerprint density at radius 3 is 1.90 bits per heavy atom. The molecule has 2 saturated carbocycles. The Balaban J connectivity index is 1.81. The first-order valence-corrected chi connectivity index (χ1v) is 19.9. The first kappa shape index (κ1) is 45.6. The van der Waals surface area contributed by atoms with Gasteiger partial charge in [0.15, 0.2) is 30.0 Å². The van der Waals surface area contributed by atoms with Gasteiger partial charge in [0.05, 0.1) is 28.7 Å². The average molecular weight is 868 g/mol. The molecular formula is C43H49NO18. The summed E-state index contributed by atoms with van der Waals surface area (Å²) in [7, 11) is 0. The molecule has 1 aromatic heterocycles. The molecule has 2 aromatic rings. The Morgan fingerprint density at radius 2 is 1.32 bits per heavy atom. The summed E-state index contributed by atoms with van der Waals surface area (Å²) in [4.78, 5) is 114. The second-order valence-electron chi connectivity index (χ2n) is 16.5. The van der Waals surface area contributed by atoms with Crippen molar-refractivity contribution in [3.8, 4) is 0 Å². The molecule has 62 heavy (non-hydrogen) atoms. The molecule has 19 nitrogen and oxygen atoms in total. The molecule has 334 valence electrons. The molecule has 6 rings (SSSR count). The number of aromatic nitrogens is 1. The van der Waals surface area contributed by atoms with Gasteiger partial charge in [0.1, 0.15) is 42.0 Å². The van der Waals surface area contributed by atoms with Gasteiger partial charge in [0.25, 0.3) is 0 Å². The maximum Gasteiger partial charge on any atom is 0.340 e. The van der Waals surface area contributed by atoms with Gasteiger partial charge in [-0.3, -0.25) is 33.8 Å². The lowest BCUT2D eigenvalue weighted by Crippen LogP contribution is -2.89. The molecular weight excluding hydrogens is 818 g/mol. The van der Waals surface area contributed by atoms with E-state index in [9.17, 15) is 43.5 Å². The van der Waals surface area contributed by atoms with E-state index in [-0.39, 0.29) is 16.8 Å². The predicted octanol–water partition coefficient (Wildman–Crippen LogP) is 2.33. The SMILES string of the molecule is CC(=O)OCC12C(OC(C)=O)C(OC(C)=O)C3C(OC(=O)c4ccccc4)C14OC3(C)COC(=O)c1cccnc1C(C)C(C)C(=O)OC(C(OC(C)=O)C2OC(C)=O)C4(C)O. The largest absolute Gasteiger partial charge is 0.465 e. The second kappa shape index (κ2) is 16.7. The van der Waals surface area contributed by atoms with Crippen LogP contribution in [0.3, 0.4) is 0 Å². The van der Waals surface area contributed by atoms with Crippen molar-refractivity contribution >= 4 is 47.8 Å². The molecule has 1 N–H and O–H groups in total. The van der Waals surface area contributed by atoms with Crippen molar-refractivity contribution in [2.75, 3.05) is 13.2 Å². The molecule has 1 spiro atoms. The molecule has 3 fully saturated rings. The molecule has 0 amide bonds. The predicted molar refractivity (Wildman–Crippen MR) is 205 cm³/mol. The molecule has 4 aliphatic rings. The van der Waals surface area contributed by atoms with Crippen LogP contribution in [0.2, 0.25) is 0 Å². The van der Waals surface area contributed by atoms with E-state index in [1.54, 1.807) is 13.0 Å². The number of hydrogen-bond acceptors (Lipinski definition) is 19. The highest BCUT2D eigenvalue weighted by Crippen LogP contribution is 2.70. The lowest BCUT2D eigenvalue weighted by molar-refractivity contribution is -0.386. The van der Waals surface area contributed by atoms with Crippen LogP contribution in [-0.2, 0) is 71.4 Å². The maximum absolute atomic E-state index is 14.5. The number of rotatable bonds is 8. The van der Waals surface area contributed by atoms with Crippen LogP contribution in [-0.4, -0.2) is 124 Å². The van der Waals surface area contributed by atoms with Crippen molar-refractivity contribution in [2.45, 2.75) is 122 Å². The van der Waals surface area contributed by atoms with E-state index in [2.05, 4.69) is 4.98 Å². The van der Waals surface area contributed by atoms with Crippen LogP contribution < -0.4 is 0 Å². The highest BCUT2D eigenvalue weighted by Gasteiger charge is 2.92. The van der Waals surface area contributed by atoms with Crippen molar-refractivity contribution in [1.29, 1.82) is 0 Å². The first-order chi connectivity index (χ1) is 29.0. The summed E-state index contributed by atoms with van der Waals surface area (Å²) in [6.45, 7) is 8.64. The summed E-state index contributed by atoms with van der Waals surface area (Å²) in [5, 5.41) is 13.7. The van der Waals surface area contributed by atoms with E-state index in [1.807, 2.05) is 0 Å². The Bertz CT molecular complexity index is 2160. The van der Waals surface area contributed by atoms with Gasteiger partial charge >= 0.3 is 47.8 Å². The number of carbonyl (C=O) groups is 8. The van der Waals surface area contributed by atoms with Gasteiger partial charge in [-0.1, -0.05) is 32.0 Å². The van der Waals surface area contributed by atoms with Gasteiger partial charge in [-0.25, -0.2) is 9.59 Å². The Kier molecular flexibility index (Phi) is 12.3. The van der Waals surface area contributed by atoms with Crippen LogP contribution >= 0.6 is 0 Å². The number of ether oxygens (including phenoxy) is 9. The van der Waals surface area contributed by atoms with Crippen molar-refractivity contribution in [3.63, 3.8) is 0 Å². The minimum absolute atomic E-state index is 0.0290. The fraction of sp³-hybridized carbons (Fsp3) is 0.558. The van der Waals surface area contributed by atoms with E-state index in [1.165, 1.54) is 56.4 Å². The van der Waals surface area contributed by atoms with Crippen molar-refractivity contribution in [2.24, 2.45) is 17.3 Å². The number of esters is 8. The second-order valence-corrected chi connectivity index (χ2v) is 16.5. The molecule has 1 aromatic carbocycles. The topological polar surface area (TPSA) is 253 Å². The van der Waals surface area contributed by atoms with E-state index >= 15 is 0 Å². The molecule has 1 saturated heterocycles. The molecule has 2 aliphatic heterocycles. The Labute approximate surface area is 355 Å². The van der Waals surface area contributed by atoms with Crippen molar-refractivity contribution in [1.82, 2.24) is 4.98 Å². The van der Waals surface area contributed by atoms with Crippen molar-refractivity contribution in [3.05, 3.63) is 65.5 Å². The van der Waals surface area contributed by atoms with E-state index in [0.29, 0.717) is 0 Å². The van der Waals surface area contributed by atoms with Gasteiger partial charge in [-0.05, 0) is 38.1 Å². The quantitative estimate of drug-likeness (QED) is 0.295. The van der Waals surface area contributed by atoms with Gasteiger partial charge in [-0.15, -0.1) is 0 Å². The highest BCUT2D eigenvalue weighted by atomic mass is 16.7. The lowest BCUT2D eigenvalue weighted by atomic mass is 9.45. The summed E-state index contributed by atoms with van der Waals surface area (Å²) in [5.74, 6) is -11.9. The van der Waals surface area contributed by atoms with Gasteiger partial charge in [-0.2, -0.15) is 0 Å². The molecule has 4 bridgehead atoms. The van der Waals surface area contributed by atoms with Crippen molar-refractivity contribution < 1.29 is 86.1 Å². The molecule has 3 heterocycles. The highest BCUT2D eigenvalue weighted by molar-refractivity contribution is 5.91. The number of carbonyl (C=O) groups excluding carboxylic acids is 8. The summed E-state index contributed by atoms with van der Waals surface area (Å²) >= 11 is 0. The molecule has 13 atom stereocenters. The van der Waals surface area contributed by atoms with Gasteiger partial charge in [0, 0.05) is 46.7 Å². The summed E-state index contributed by atoms with van der Waals surface area (Å²) in [6.07, 6.45) is -10.8. The maximum atomic E-state index is 14.5. The van der Waals surface area contributed by atoms with Crippen LogP contribution in [0.5, 0.6) is 0 Å². The fourth-order valence-corrected chi connectivity index (χ4v) is 9.83. The summed E-state index contributed by atoms with van der Waals surface area (Å²) < 4.78 is 55.4. The number of fused-ring (bicyclic) bond motifs is 5. The van der Waals surface area contributed by atoms with Crippen LogP contribution in [0.4, 0.5) is 0 Å². The summed E-state index contributed by atoms with van der Waals surface area (Å²) in [5.41, 5.74) is -10.4. The fourth-order valence-electron chi connectivity index (χ4n) is 9.83. The third-order valence-electron chi connectivity index (χ3n) is 12.4. The normalized spacial score (nSPS) is 36.0.